The zero-order valence-corrected chi connectivity index (χ0v) is 14.1. The van der Waals surface area contributed by atoms with Gasteiger partial charge in [0.05, 0.1) is 5.69 Å². The molecule has 0 atom stereocenters. The molecule has 4 rings (SSSR count). The van der Waals surface area contributed by atoms with Crippen LogP contribution in [-0.2, 0) is 6.54 Å². The Morgan fingerprint density at radius 2 is 1.67 bits per heavy atom. The first-order valence-electron chi connectivity index (χ1n) is 8.33. The second-order valence-corrected chi connectivity index (χ2v) is 6.15. The molecule has 0 saturated carbocycles. The molecule has 0 amide bonds. The normalized spacial score (nSPS) is 13.7. The second kappa shape index (κ2) is 6.85. The molecule has 136 valence electrons. The molecular formula is C20H15F3N4. The number of nitrogens with zero attached hydrogens (tertiary/aromatic N) is 2. The van der Waals surface area contributed by atoms with Gasteiger partial charge in [-0.2, -0.15) is 0 Å². The van der Waals surface area contributed by atoms with E-state index in [0.29, 0.717) is 28.9 Å². The lowest BCUT2D eigenvalue weighted by Gasteiger charge is -2.15. The number of benzene rings is 2. The van der Waals surface area contributed by atoms with Gasteiger partial charge < -0.3 is 11.1 Å². The monoisotopic (exact) mass is 368 g/mol. The zero-order valence-electron chi connectivity index (χ0n) is 14.1. The van der Waals surface area contributed by atoms with Crippen LogP contribution in [0.2, 0.25) is 0 Å². The highest BCUT2D eigenvalue weighted by molar-refractivity contribution is 5.83. The average molecular weight is 368 g/mol. The number of nitrogens with two attached hydrogens (primary N) is 1. The second-order valence-electron chi connectivity index (χ2n) is 6.15. The molecule has 0 radical (unpaired) electrons. The molecule has 1 aliphatic heterocycles. The maximum Gasteiger partial charge on any atom is 0.166 e. The predicted molar refractivity (Wildman–Crippen MR) is 97.0 cm³/mol. The van der Waals surface area contributed by atoms with Gasteiger partial charge >= 0.3 is 0 Å². The summed E-state index contributed by atoms with van der Waals surface area (Å²) in [5, 5.41) is 10.8. The molecular weight excluding hydrogens is 353 g/mol. The first kappa shape index (κ1) is 17.2. The number of hydrogen-bond acceptors (Lipinski definition) is 4. The molecule has 7 heteroatoms. The van der Waals surface area contributed by atoms with Crippen molar-refractivity contribution in [3.63, 3.8) is 0 Å². The predicted octanol–water partition coefficient (Wildman–Crippen LogP) is 3.68. The molecule has 0 fully saturated rings. The number of nitrogens with one attached hydrogen (secondary N) is 1. The summed E-state index contributed by atoms with van der Waals surface area (Å²) in [6.07, 6.45) is 1.73. The third-order valence-electron chi connectivity index (χ3n) is 4.49. The van der Waals surface area contributed by atoms with Crippen LogP contribution < -0.4 is 11.1 Å². The van der Waals surface area contributed by atoms with Crippen LogP contribution in [0.5, 0.6) is 0 Å². The molecule has 0 spiro atoms. The molecule has 1 aromatic heterocycles. The van der Waals surface area contributed by atoms with Crippen molar-refractivity contribution in [3.8, 4) is 11.3 Å². The van der Waals surface area contributed by atoms with E-state index in [1.807, 2.05) is 0 Å². The van der Waals surface area contributed by atoms with Crippen LogP contribution in [0.15, 0.2) is 48.5 Å². The summed E-state index contributed by atoms with van der Waals surface area (Å²) >= 11 is 0. The maximum atomic E-state index is 15.3. The van der Waals surface area contributed by atoms with Crippen molar-refractivity contribution in [1.82, 2.24) is 15.5 Å². The van der Waals surface area contributed by atoms with Crippen LogP contribution in [-0.4, -0.2) is 16.7 Å². The number of aromatic nitrogens is 2. The van der Waals surface area contributed by atoms with Crippen molar-refractivity contribution in [3.05, 3.63) is 82.7 Å². The van der Waals surface area contributed by atoms with E-state index in [1.54, 1.807) is 30.3 Å². The van der Waals surface area contributed by atoms with Crippen molar-refractivity contribution in [2.45, 2.75) is 6.54 Å². The zero-order chi connectivity index (χ0) is 19.0. The lowest BCUT2D eigenvalue weighted by atomic mass is 9.91. The molecule has 0 unspecified atom stereocenters. The van der Waals surface area contributed by atoms with E-state index in [-0.39, 0.29) is 23.5 Å². The number of halogens is 3. The Balaban J connectivity index is 1.87. The Morgan fingerprint density at radius 1 is 0.852 bits per heavy atom. The Labute approximate surface area is 153 Å². The van der Waals surface area contributed by atoms with Crippen LogP contribution >= 0.6 is 0 Å². The lowest BCUT2D eigenvalue weighted by Crippen LogP contribution is -2.13. The minimum absolute atomic E-state index is 0.0966. The highest BCUT2D eigenvalue weighted by atomic mass is 19.2. The van der Waals surface area contributed by atoms with Gasteiger partial charge in [-0.25, -0.2) is 13.2 Å². The van der Waals surface area contributed by atoms with Gasteiger partial charge in [0.15, 0.2) is 11.6 Å². The molecule has 2 heterocycles. The first-order valence-corrected chi connectivity index (χ1v) is 8.33. The van der Waals surface area contributed by atoms with E-state index in [0.717, 1.165) is 6.07 Å². The van der Waals surface area contributed by atoms with E-state index < -0.39 is 17.5 Å². The van der Waals surface area contributed by atoms with Gasteiger partial charge in [0.25, 0.3) is 0 Å². The molecule has 0 bridgehead atoms. The highest BCUT2D eigenvalue weighted by Crippen LogP contribution is 2.34. The van der Waals surface area contributed by atoms with Crippen molar-refractivity contribution < 1.29 is 13.2 Å². The van der Waals surface area contributed by atoms with Gasteiger partial charge in [0.2, 0.25) is 0 Å². The summed E-state index contributed by atoms with van der Waals surface area (Å²) in [6.45, 7) is 0.644. The summed E-state index contributed by atoms with van der Waals surface area (Å²) in [5.74, 6) is -2.14. The summed E-state index contributed by atoms with van der Waals surface area (Å²) in [7, 11) is 0. The first-order chi connectivity index (χ1) is 13.1. The molecule has 3 N–H and O–H groups in total. The summed E-state index contributed by atoms with van der Waals surface area (Å²) in [4.78, 5) is 0. The van der Waals surface area contributed by atoms with Gasteiger partial charge in [-0.05, 0) is 35.4 Å². The van der Waals surface area contributed by atoms with Crippen molar-refractivity contribution in [1.29, 1.82) is 0 Å². The molecule has 0 aliphatic carbocycles. The van der Waals surface area contributed by atoms with E-state index in [9.17, 15) is 8.78 Å². The highest BCUT2D eigenvalue weighted by Gasteiger charge is 2.22. The quantitative estimate of drug-likeness (QED) is 0.724. The minimum atomic E-state index is -0.953. The number of hydrogen-bond donors (Lipinski definition) is 2. The van der Waals surface area contributed by atoms with E-state index >= 15 is 4.39 Å². The summed E-state index contributed by atoms with van der Waals surface area (Å²) in [6, 6.07) is 10.3. The number of fused-ring (bicyclic) bond motifs is 1. The Bertz CT molecular complexity index is 1050. The third-order valence-corrected chi connectivity index (χ3v) is 4.49. The van der Waals surface area contributed by atoms with E-state index in [1.165, 1.54) is 12.1 Å². The molecule has 4 nitrogen and oxygen atoms in total. The third kappa shape index (κ3) is 3.06. The Kier molecular flexibility index (Phi) is 4.37. The Morgan fingerprint density at radius 3 is 2.44 bits per heavy atom. The van der Waals surface area contributed by atoms with Crippen molar-refractivity contribution in [2.24, 2.45) is 0 Å². The molecule has 1 aliphatic rings. The Hall–Kier alpha value is -3.19. The SMILES string of the molecule is Nc1ccc(-c2ccc3c(c2F)CNCC=C3c2cccc(F)c2F)nn1. The van der Waals surface area contributed by atoms with Gasteiger partial charge in [0.1, 0.15) is 11.6 Å². The smallest absolute Gasteiger partial charge is 0.166 e. The topological polar surface area (TPSA) is 63.8 Å². The molecule has 0 saturated heterocycles. The van der Waals surface area contributed by atoms with Gasteiger partial charge in [-0.15, -0.1) is 10.2 Å². The summed E-state index contributed by atoms with van der Waals surface area (Å²) < 4.78 is 43.3. The van der Waals surface area contributed by atoms with Crippen molar-refractivity contribution >= 4 is 11.4 Å². The fourth-order valence-corrected chi connectivity index (χ4v) is 3.18. The van der Waals surface area contributed by atoms with Gasteiger partial charge in [-0.1, -0.05) is 24.3 Å². The number of nitrogen functional groups attached to an aromatic ring is 1. The largest absolute Gasteiger partial charge is 0.382 e. The standard InChI is InChI=1S/C20H15F3N4/c21-16-3-1-2-13(20(16)23)12-8-9-25-10-15-11(12)4-5-14(19(15)22)17-6-7-18(24)27-26-17/h1-8,25H,9-10H2,(H2,24,27). The van der Waals surface area contributed by atoms with Crippen LogP contribution in [0.4, 0.5) is 19.0 Å². The minimum Gasteiger partial charge on any atom is -0.382 e. The van der Waals surface area contributed by atoms with Gasteiger partial charge in [-0.3, -0.25) is 0 Å². The van der Waals surface area contributed by atoms with Crippen LogP contribution in [0.25, 0.3) is 16.8 Å². The number of anilines is 1. The maximum absolute atomic E-state index is 15.3. The van der Waals surface area contributed by atoms with Crippen LogP contribution in [0.1, 0.15) is 16.7 Å². The molecule has 2 aromatic carbocycles. The van der Waals surface area contributed by atoms with E-state index in [4.69, 9.17) is 5.73 Å². The van der Waals surface area contributed by atoms with Crippen LogP contribution in [0, 0.1) is 17.5 Å². The van der Waals surface area contributed by atoms with Crippen LogP contribution in [0.3, 0.4) is 0 Å². The summed E-state index contributed by atoms with van der Waals surface area (Å²) in [5.41, 5.74) is 7.55. The fraction of sp³-hybridized carbons (Fsp3) is 0.100. The van der Waals surface area contributed by atoms with Crippen molar-refractivity contribution in [2.75, 3.05) is 12.3 Å². The van der Waals surface area contributed by atoms with Gasteiger partial charge in [0, 0.05) is 29.8 Å². The fourth-order valence-electron chi connectivity index (χ4n) is 3.18. The van der Waals surface area contributed by atoms with E-state index in [2.05, 4.69) is 15.5 Å². The average Bonchev–Trinajstić information content (AvgIpc) is 2.88. The number of rotatable bonds is 2. The lowest BCUT2D eigenvalue weighted by molar-refractivity contribution is 0.506. The molecule has 3 aromatic rings. The molecule has 27 heavy (non-hydrogen) atoms.